The first-order chi connectivity index (χ1) is 9.77. The zero-order valence-corrected chi connectivity index (χ0v) is 11.5. The summed E-state index contributed by atoms with van der Waals surface area (Å²) in [6.07, 6.45) is -0.450. The van der Waals surface area contributed by atoms with Gasteiger partial charge in [-0.05, 0) is 5.56 Å². The molecule has 1 aromatic rings. The highest BCUT2D eigenvalue weighted by molar-refractivity contribution is 5.67. The van der Waals surface area contributed by atoms with Crippen LogP contribution in [-0.2, 0) is 11.3 Å². The first kappa shape index (κ1) is 16.4. The molecule has 0 aromatic heterocycles. The molecule has 20 heavy (non-hydrogen) atoms. The van der Waals surface area contributed by atoms with Crippen molar-refractivity contribution in [1.29, 1.82) is 0 Å². The minimum Gasteiger partial charge on any atom is -0.445 e. The van der Waals surface area contributed by atoms with E-state index in [1.807, 2.05) is 30.3 Å². The van der Waals surface area contributed by atoms with Gasteiger partial charge in [-0.25, -0.2) is 4.79 Å². The Morgan fingerprint density at radius 1 is 1.10 bits per heavy atom. The second-order valence-corrected chi connectivity index (χ2v) is 4.22. The quantitative estimate of drug-likeness (QED) is 0.564. The zero-order chi connectivity index (χ0) is 14.6. The van der Waals surface area contributed by atoms with Crippen molar-refractivity contribution in [3.05, 3.63) is 35.9 Å². The van der Waals surface area contributed by atoms with Crippen molar-refractivity contribution in [2.75, 3.05) is 39.4 Å². The fraction of sp³-hybridized carbons (Fsp3) is 0.500. The maximum absolute atomic E-state index is 11.9. The molecule has 0 saturated heterocycles. The molecule has 0 aliphatic heterocycles. The maximum Gasteiger partial charge on any atom is 0.410 e. The largest absolute Gasteiger partial charge is 0.445 e. The fourth-order valence-corrected chi connectivity index (χ4v) is 1.64. The number of amides is 1. The number of aliphatic hydroxyl groups is 2. The van der Waals surface area contributed by atoms with Crippen LogP contribution in [0.15, 0.2) is 30.3 Å². The summed E-state index contributed by atoms with van der Waals surface area (Å²) in [4.78, 5) is 13.3. The number of hydrogen-bond acceptors (Lipinski definition) is 5. The van der Waals surface area contributed by atoms with Gasteiger partial charge in [-0.2, -0.15) is 0 Å². The second-order valence-electron chi connectivity index (χ2n) is 4.22. The molecule has 6 nitrogen and oxygen atoms in total. The Hall–Kier alpha value is -1.63. The maximum atomic E-state index is 11.9. The van der Waals surface area contributed by atoms with Crippen LogP contribution in [0.25, 0.3) is 0 Å². The Kier molecular flexibility index (Phi) is 8.37. The van der Waals surface area contributed by atoms with Crippen molar-refractivity contribution in [1.82, 2.24) is 10.2 Å². The number of nitrogens with zero attached hydrogens (tertiary/aromatic N) is 1. The van der Waals surface area contributed by atoms with Gasteiger partial charge in [0.25, 0.3) is 0 Å². The molecule has 112 valence electrons. The number of aliphatic hydroxyl groups excluding tert-OH is 2. The molecule has 0 saturated carbocycles. The monoisotopic (exact) mass is 282 g/mol. The molecule has 0 spiro atoms. The minimum atomic E-state index is -0.450. The van der Waals surface area contributed by atoms with Crippen molar-refractivity contribution in [2.24, 2.45) is 0 Å². The summed E-state index contributed by atoms with van der Waals surface area (Å²) in [5, 5.41) is 20.6. The Morgan fingerprint density at radius 3 is 2.50 bits per heavy atom. The number of benzene rings is 1. The molecule has 1 aromatic carbocycles. The normalized spacial score (nSPS) is 10.3. The summed E-state index contributed by atoms with van der Waals surface area (Å²) in [6.45, 7) is 1.83. The molecule has 1 amide bonds. The highest BCUT2D eigenvalue weighted by Crippen LogP contribution is 2.03. The first-order valence-corrected chi connectivity index (χ1v) is 6.66. The summed E-state index contributed by atoms with van der Waals surface area (Å²) >= 11 is 0. The molecule has 0 aliphatic carbocycles. The lowest BCUT2D eigenvalue weighted by Crippen LogP contribution is -2.39. The van der Waals surface area contributed by atoms with Gasteiger partial charge in [0, 0.05) is 26.2 Å². The van der Waals surface area contributed by atoms with Crippen LogP contribution in [0, 0.1) is 0 Å². The van der Waals surface area contributed by atoms with E-state index >= 15 is 0 Å². The van der Waals surface area contributed by atoms with Gasteiger partial charge in [0.05, 0.1) is 13.2 Å². The van der Waals surface area contributed by atoms with Crippen LogP contribution in [0.3, 0.4) is 0 Å². The molecule has 0 aliphatic rings. The summed E-state index contributed by atoms with van der Waals surface area (Å²) < 4.78 is 5.20. The number of rotatable bonds is 9. The summed E-state index contributed by atoms with van der Waals surface area (Å²) in [5.74, 6) is 0. The van der Waals surface area contributed by atoms with E-state index in [2.05, 4.69) is 5.32 Å². The summed E-state index contributed by atoms with van der Waals surface area (Å²) in [6, 6.07) is 9.43. The van der Waals surface area contributed by atoms with Crippen LogP contribution in [0.5, 0.6) is 0 Å². The van der Waals surface area contributed by atoms with E-state index in [0.717, 1.165) is 5.56 Å². The van der Waals surface area contributed by atoms with E-state index in [9.17, 15) is 4.79 Å². The number of nitrogens with one attached hydrogen (secondary N) is 1. The van der Waals surface area contributed by atoms with Crippen LogP contribution in [0.1, 0.15) is 5.56 Å². The van der Waals surface area contributed by atoms with Crippen molar-refractivity contribution in [3.8, 4) is 0 Å². The van der Waals surface area contributed by atoms with Crippen molar-refractivity contribution in [3.63, 3.8) is 0 Å². The molecule has 0 radical (unpaired) electrons. The lowest BCUT2D eigenvalue weighted by atomic mass is 10.2. The molecule has 0 fully saturated rings. The third-order valence-corrected chi connectivity index (χ3v) is 2.68. The fourth-order valence-electron chi connectivity index (χ4n) is 1.64. The molecule has 0 unspecified atom stereocenters. The average molecular weight is 282 g/mol. The van der Waals surface area contributed by atoms with E-state index in [4.69, 9.17) is 14.9 Å². The van der Waals surface area contributed by atoms with Gasteiger partial charge < -0.3 is 25.2 Å². The Balaban J connectivity index is 2.35. The lowest BCUT2D eigenvalue weighted by Gasteiger charge is -2.21. The third kappa shape index (κ3) is 6.51. The van der Waals surface area contributed by atoms with Crippen LogP contribution < -0.4 is 5.32 Å². The second kappa shape index (κ2) is 10.2. The highest BCUT2D eigenvalue weighted by atomic mass is 16.6. The van der Waals surface area contributed by atoms with E-state index in [0.29, 0.717) is 19.6 Å². The number of ether oxygens (including phenoxy) is 1. The SMILES string of the molecule is O=C(OCc1ccccc1)N(CCO)CCNCCO. The highest BCUT2D eigenvalue weighted by Gasteiger charge is 2.13. The van der Waals surface area contributed by atoms with Gasteiger partial charge in [-0.15, -0.1) is 0 Å². The molecule has 1 rings (SSSR count). The molecular formula is C14H22N2O4. The summed E-state index contributed by atoms with van der Waals surface area (Å²) in [7, 11) is 0. The van der Waals surface area contributed by atoms with Gasteiger partial charge in [0.15, 0.2) is 0 Å². The van der Waals surface area contributed by atoms with Gasteiger partial charge in [-0.3, -0.25) is 0 Å². The topological polar surface area (TPSA) is 82.0 Å². The van der Waals surface area contributed by atoms with Gasteiger partial charge in [-0.1, -0.05) is 30.3 Å². The van der Waals surface area contributed by atoms with E-state index in [1.165, 1.54) is 4.90 Å². The molecule has 0 heterocycles. The number of carbonyl (C=O) groups excluding carboxylic acids is 1. The molecular weight excluding hydrogens is 260 g/mol. The first-order valence-electron chi connectivity index (χ1n) is 6.66. The molecule has 3 N–H and O–H groups in total. The minimum absolute atomic E-state index is 0.0540. The average Bonchev–Trinajstić information content (AvgIpc) is 2.49. The van der Waals surface area contributed by atoms with Crippen LogP contribution in [0.2, 0.25) is 0 Å². The number of hydrogen-bond donors (Lipinski definition) is 3. The van der Waals surface area contributed by atoms with Crippen molar-refractivity contribution < 1.29 is 19.7 Å². The molecule has 0 bridgehead atoms. The Labute approximate surface area is 119 Å². The smallest absolute Gasteiger partial charge is 0.410 e. The Bertz CT molecular complexity index is 373. The van der Waals surface area contributed by atoms with Gasteiger partial charge in [0.1, 0.15) is 6.61 Å². The van der Waals surface area contributed by atoms with E-state index in [-0.39, 0.29) is 26.4 Å². The van der Waals surface area contributed by atoms with Crippen molar-refractivity contribution in [2.45, 2.75) is 6.61 Å². The van der Waals surface area contributed by atoms with Crippen LogP contribution in [0.4, 0.5) is 4.79 Å². The van der Waals surface area contributed by atoms with Crippen LogP contribution >= 0.6 is 0 Å². The summed E-state index contributed by atoms with van der Waals surface area (Å²) in [5.41, 5.74) is 0.920. The Morgan fingerprint density at radius 2 is 1.85 bits per heavy atom. The predicted octanol–water partition coefficient (Wildman–Crippen LogP) is 0.199. The lowest BCUT2D eigenvalue weighted by molar-refractivity contribution is 0.0887. The van der Waals surface area contributed by atoms with Gasteiger partial charge >= 0.3 is 6.09 Å². The predicted molar refractivity (Wildman–Crippen MR) is 75.2 cm³/mol. The van der Waals surface area contributed by atoms with Crippen LogP contribution in [-0.4, -0.2) is 60.6 Å². The zero-order valence-electron chi connectivity index (χ0n) is 11.5. The van der Waals surface area contributed by atoms with E-state index < -0.39 is 6.09 Å². The number of carbonyl (C=O) groups is 1. The van der Waals surface area contributed by atoms with E-state index in [1.54, 1.807) is 0 Å². The van der Waals surface area contributed by atoms with Gasteiger partial charge in [0.2, 0.25) is 0 Å². The third-order valence-electron chi connectivity index (χ3n) is 2.68. The van der Waals surface area contributed by atoms with Crippen molar-refractivity contribution >= 4 is 6.09 Å². The molecule has 6 heteroatoms. The molecule has 0 atom stereocenters. The standard InChI is InChI=1S/C14H22N2O4/c17-10-7-15-6-8-16(9-11-18)14(19)20-12-13-4-2-1-3-5-13/h1-5,15,17-18H,6-12H2.